The van der Waals surface area contributed by atoms with Crippen molar-refractivity contribution in [1.82, 2.24) is 20.1 Å². The van der Waals surface area contributed by atoms with Gasteiger partial charge in [-0.05, 0) is 31.5 Å². The van der Waals surface area contributed by atoms with Gasteiger partial charge in [-0.3, -0.25) is 14.5 Å². The van der Waals surface area contributed by atoms with E-state index in [1.807, 2.05) is 36.7 Å². The molecule has 0 atom stereocenters. The minimum Gasteiger partial charge on any atom is -0.346 e. The number of pyridine rings is 1. The molecule has 6 heteroatoms. The molecule has 0 fully saturated rings. The molecule has 1 aromatic carbocycles. The van der Waals surface area contributed by atoms with Crippen LogP contribution in [0.1, 0.15) is 33.0 Å². The first-order chi connectivity index (χ1) is 12.0. The quantitative estimate of drug-likeness (QED) is 0.762. The summed E-state index contributed by atoms with van der Waals surface area (Å²) < 4.78 is 1.96. The first kappa shape index (κ1) is 17.2. The molecule has 0 unspecified atom stereocenters. The number of nitrogens with one attached hydrogen (secondary N) is 1. The van der Waals surface area contributed by atoms with Gasteiger partial charge in [0.15, 0.2) is 0 Å². The van der Waals surface area contributed by atoms with E-state index < -0.39 is 0 Å². The minimum absolute atomic E-state index is 0.253. The van der Waals surface area contributed by atoms with Gasteiger partial charge in [0.05, 0.1) is 12.2 Å². The first-order valence-electron chi connectivity index (χ1n) is 8.01. The molecule has 0 saturated carbocycles. The van der Waals surface area contributed by atoms with Crippen molar-refractivity contribution in [1.29, 1.82) is 0 Å². The summed E-state index contributed by atoms with van der Waals surface area (Å²) in [5.41, 5.74) is 4.46. The second-order valence-electron chi connectivity index (χ2n) is 5.83. The summed E-state index contributed by atoms with van der Waals surface area (Å²) >= 11 is 5.90. The van der Waals surface area contributed by atoms with Crippen LogP contribution in [-0.4, -0.2) is 20.7 Å². The molecule has 5 nitrogen and oxygen atoms in total. The van der Waals surface area contributed by atoms with Gasteiger partial charge in [-0.25, -0.2) is 0 Å². The summed E-state index contributed by atoms with van der Waals surface area (Å²) in [4.78, 5) is 16.3. The molecule has 3 rings (SSSR count). The number of aryl methyl sites for hydroxylation is 1. The summed E-state index contributed by atoms with van der Waals surface area (Å²) in [6.07, 6.45) is 1.52. The Morgan fingerprint density at radius 2 is 1.96 bits per heavy atom. The topological polar surface area (TPSA) is 59.8 Å². The number of hydrogen-bond donors (Lipinski definition) is 1. The Morgan fingerprint density at radius 1 is 1.20 bits per heavy atom. The van der Waals surface area contributed by atoms with Gasteiger partial charge in [0, 0.05) is 29.0 Å². The highest BCUT2D eigenvalue weighted by atomic mass is 35.5. The molecule has 2 aromatic heterocycles. The SMILES string of the molecule is Cc1nn(Cc2ccccc2)c(C)c1CNC(=O)c1cc(Cl)ccn1. The van der Waals surface area contributed by atoms with Crippen LogP contribution in [0.3, 0.4) is 0 Å². The zero-order chi connectivity index (χ0) is 17.8. The van der Waals surface area contributed by atoms with Crippen molar-refractivity contribution in [3.05, 3.63) is 81.9 Å². The van der Waals surface area contributed by atoms with Crippen LogP contribution in [0.5, 0.6) is 0 Å². The molecular formula is C19H19ClN4O. The van der Waals surface area contributed by atoms with Gasteiger partial charge in [0.1, 0.15) is 5.69 Å². The molecule has 0 aliphatic carbocycles. The van der Waals surface area contributed by atoms with Crippen molar-refractivity contribution in [3.63, 3.8) is 0 Å². The largest absolute Gasteiger partial charge is 0.346 e. The standard InChI is InChI=1S/C19H19ClN4O/c1-13-17(11-22-19(25)18-10-16(20)8-9-21-18)14(2)24(23-13)12-15-6-4-3-5-7-15/h3-10H,11-12H2,1-2H3,(H,22,25). The van der Waals surface area contributed by atoms with E-state index in [9.17, 15) is 4.79 Å². The third kappa shape index (κ3) is 4.06. The van der Waals surface area contributed by atoms with E-state index in [0.717, 1.165) is 17.0 Å². The van der Waals surface area contributed by atoms with Crippen LogP contribution in [0, 0.1) is 13.8 Å². The second kappa shape index (κ2) is 7.49. The number of carbonyl (C=O) groups is 1. The van der Waals surface area contributed by atoms with E-state index in [0.29, 0.717) is 23.8 Å². The molecule has 0 saturated heterocycles. The fourth-order valence-corrected chi connectivity index (χ4v) is 2.85. The average molecular weight is 355 g/mol. The van der Waals surface area contributed by atoms with Crippen LogP contribution in [0.15, 0.2) is 48.7 Å². The Balaban J connectivity index is 1.72. The van der Waals surface area contributed by atoms with Crippen molar-refractivity contribution in [2.45, 2.75) is 26.9 Å². The number of hydrogen-bond acceptors (Lipinski definition) is 3. The molecular weight excluding hydrogens is 336 g/mol. The Kier molecular flexibility index (Phi) is 5.14. The smallest absolute Gasteiger partial charge is 0.270 e. The molecule has 2 heterocycles. The van der Waals surface area contributed by atoms with Gasteiger partial charge in [-0.2, -0.15) is 5.10 Å². The zero-order valence-corrected chi connectivity index (χ0v) is 14.9. The van der Waals surface area contributed by atoms with E-state index in [1.54, 1.807) is 12.1 Å². The molecule has 25 heavy (non-hydrogen) atoms. The van der Waals surface area contributed by atoms with Crippen LogP contribution in [0.25, 0.3) is 0 Å². The molecule has 1 N–H and O–H groups in total. The average Bonchev–Trinajstić information content (AvgIpc) is 2.87. The molecule has 3 aromatic rings. The van der Waals surface area contributed by atoms with E-state index in [4.69, 9.17) is 11.6 Å². The highest BCUT2D eigenvalue weighted by Crippen LogP contribution is 2.15. The zero-order valence-electron chi connectivity index (χ0n) is 14.2. The number of rotatable bonds is 5. The van der Waals surface area contributed by atoms with Gasteiger partial charge in [-0.1, -0.05) is 41.9 Å². The maximum absolute atomic E-state index is 12.2. The lowest BCUT2D eigenvalue weighted by Gasteiger charge is -2.07. The van der Waals surface area contributed by atoms with Crippen LogP contribution < -0.4 is 5.32 Å². The predicted octanol–water partition coefficient (Wildman–Crippen LogP) is 3.53. The van der Waals surface area contributed by atoms with Crippen molar-refractivity contribution in [3.8, 4) is 0 Å². The van der Waals surface area contributed by atoms with Crippen LogP contribution in [0.4, 0.5) is 0 Å². The Labute approximate surface area is 151 Å². The normalized spacial score (nSPS) is 10.7. The number of benzene rings is 1. The lowest BCUT2D eigenvalue weighted by Crippen LogP contribution is -2.24. The number of carbonyl (C=O) groups excluding carboxylic acids is 1. The Bertz CT molecular complexity index is 890. The van der Waals surface area contributed by atoms with E-state index in [2.05, 4.69) is 27.5 Å². The fourth-order valence-electron chi connectivity index (χ4n) is 2.69. The lowest BCUT2D eigenvalue weighted by atomic mass is 10.2. The molecule has 1 amide bonds. The van der Waals surface area contributed by atoms with Crippen LogP contribution >= 0.6 is 11.6 Å². The molecule has 0 radical (unpaired) electrons. The van der Waals surface area contributed by atoms with Gasteiger partial charge >= 0.3 is 0 Å². The highest BCUT2D eigenvalue weighted by molar-refractivity contribution is 6.30. The number of halogens is 1. The highest BCUT2D eigenvalue weighted by Gasteiger charge is 2.14. The molecule has 0 aliphatic heterocycles. The maximum atomic E-state index is 12.2. The first-order valence-corrected chi connectivity index (χ1v) is 8.39. The third-order valence-corrected chi connectivity index (χ3v) is 4.32. The van der Waals surface area contributed by atoms with Crippen molar-refractivity contribution < 1.29 is 4.79 Å². The van der Waals surface area contributed by atoms with E-state index in [1.165, 1.54) is 11.8 Å². The van der Waals surface area contributed by atoms with Crippen molar-refractivity contribution in [2.75, 3.05) is 0 Å². The van der Waals surface area contributed by atoms with Gasteiger partial charge in [-0.15, -0.1) is 0 Å². The monoisotopic (exact) mass is 354 g/mol. The fraction of sp³-hybridized carbons (Fsp3) is 0.211. The van der Waals surface area contributed by atoms with Crippen molar-refractivity contribution in [2.24, 2.45) is 0 Å². The van der Waals surface area contributed by atoms with E-state index >= 15 is 0 Å². The molecule has 128 valence electrons. The minimum atomic E-state index is -0.253. The van der Waals surface area contributed by atoms with Gasteiger partial charge < -0.3 is 5.32 Å². The lowest BCUT2D eigenvalue weighted by molar-refractivity contribution is 0.0946. The molecule has 0 spiro atoms. The van der Waals surface area contributed by atoms with Crippen molar-refractivity contribution >= 4 is 17.5 Å². The number of aromatic nitrogens is 3. The van der Waals surface area contributed by atoms with Gasteiger partial charge in [0.25, 0.3) is 5.91 Å². The third-order valence-electron chi connectivity index (χ3n) is 4.09. The van der Waals surface area contributed by atoms with Crippen LogP contribution in [0.2, 0.25) is 5.02 Å². The number of amides is 1. The summed E-state index contributed by atoms with van der Waals surface area (Å²) in [5.74, 6) is -0.253. The Hall–Kier alpha value is -2.66. The van der Waals surface area contributed by atoms with E-state index in [-0.39, 0.29) is 5.91 Å². The summed E-state index contributed by atoms with van der Waals surface area (Å²) in [6.45, 7) is 5.08. The predicted molar refractivity (Wildman–Crippen MR) is 97.7 cm³/mol. The summed E-state index contributed by atoms with van der Waals surface area (Å²) in [5, 5.41) is 7.98. The second-order valence-corrected chi connectivity index (χ2v) is 6.27. The number of nitrogens with zero attached hydrogens (tertiary/aromatic N) is 3. The van der Waals surface area contributed by atoms with Gasteiger partial charge in [0.2, 0.25) is 0 Å². The maximum Gasteiger partial charge on any atom is 0.270 e. The summed E-state index contributed by atoms with van der Waals surface area (Å²) in [7, 11) is 0. The molecule has 0 bridgehead atoms. The Morgan fingerprint density at radius 3 is 2.68 bits per heavy atom. The molecule has 0 aliphatic rings. The summed E-state index contributed by atoms with van der Waals surface area (Å²) in [6, 6.07) is 13.4. The van der Waals surface area contributed by atoms with Crippen LogP contribution in [-0.2, 0) is 13.1 Å².